The van der Waals surface area contributed by atoms with Crippen molar-refractivity contribution in [2.24, 2.45) is 0 Å². The molecule has 1 saturated carbocycles. The Hall–Kier alpha value is -2.93. The first-order chi connectivity index (χ1) is 20.0. The number of aryl methyl sites for hydroxylation is 2. The Kier molecular flexibility index (Phi) is 8.61. The number of nitrogens with one attached hydrogen (secondary N) is 1. The van der Waals surface area contributed by atoms with Crippen LogP contribution in [-0.2, 0) is 11.2 Å². The Bertz CT molecular complexity index is 1400. The second-order valence-corrected chi connectivity index (χ2v) is 12.1. The number of aromatic nitrogens is 2. The highest BCUT2D eigenvalue weighted by Crippen LogP contribution is 2.43. The van der Waals surface area contributed by atoms with Gasteiger partial charge in [-0.2, -0.15) is 0 Å². The summed E-state index contributed by atoms with van der Waals surface area (Å²) in [4.78, 5) is 14.7. The lowest BCUT2D eigenvalue weighted by molar-refractivity contribution is 0.0115. The molecule has 7 heteroatoms. The predicted molar refractivity (Wildman–Crippen MR) is 170 cm³/mol. The van der Waals surface area contributed by atoms with Crippen LogP contribution in [0.3, 0.4) is 0 Å². The van der Waals surface area contributed by atoms with Gasteiger partial charge in [0.15, 0.2) is 0 Å². The average Bonchev–Trinajstić information content (AvgIpc) is 3.86. The molecule has 216 valence electrons. The fourth-order valence-corrected chi connectivity index (χ4v) is 6.61. The summed E-state index contributed by atoms with van der Waals surface area (Å²) in [7, 11) is 0. The quantitative estimate of drug-likeness (QED) is 0.304. The number of rotatable bonds is 8. The van der Waals surface area contributed by atoms with Gasteiger partial charge >= 0.3 is 0 Å². The van der Waals surface area contributed by atoms with Crippen LogP contribution in [0, 0.1) is 6.92 Å². The van der Waals surface area contributed by atoms with Gasteiger partial charge in [-0.15, -0.1) is 0 Å². The predicted octanol–water partition coefficient (Wildman–Crippen LogP) is 7.37. The molecule has 0 radical (unpaired) electrons. The third kappa shape index (κ3) is 6.45. The first-order valence-electron chi connectivity index (χ1n) is 15.3. The van der Waals surface area contributed by atoms with Crippen LogP contribution in [0.5, 0.6) is 0 Å². The lowest BCUT2D eigenvalue weighted by Gasteiger charge is -2.41. The Balaban J connectivity index is 1.24. The molecule has 1 aliphatic carbocycles. The number of anilines is 3. The Morgan fingerprint density at radius 3 is 2.54 bits per heavy atom. The zero-order valence-corrected chi connectivity index (χ0v) is 25.4. The van der Waals surface area contributed by atoms with Crippen molar-refractivity contribution in [1.29, 1.82) is 0 Å². The zero-order chi connectivity index (χ0) is 28.3. The number of hydrogen-bond acceptors (Lipinski definition) is 6. The minimum Gasteiger partial charge on any atom is -0.379 e. The van der Waals surface area contributed by atoms with Crippen LogP contribution in [-0.4, -0.2) is 60.3 Å². The summed E-state index contributed by atoms with van der Waals surface area (Å²) in [6, 6.07) is 14.2. The lowest BCUT2D eigenvalue weighted by Crippen LogP contribution is -2.49. The number of nitrogens with zero attached hydrogens (tertiary/aromatic N) is 4. The molecule has 3 heterocycles. The van der Waals surface area contributed by atoms with E-state index >= 15 is 0 Å². The highest BCUT2D eigenvalue weighted by atomic mass is 35.5. The molecular weight excluding hydrogens is 530 g/mol. The number of benzene rings is 2. The molecule has 6 nitrogen and oxygen atoms in total. The van der Waals surface area contributed by atoms with Gasteiger partial charge in [0.1, 0.15) is 0 Å². The van der Waals surface area contributed by atoms with Gasteiger partial charge in [0.05, 0.1) is 30.1 Å². The van der Waals surface area contributed by atoms with E-state index in [2.05, 4.69) is 76.4 Å². The van der Waals surface area contributed by atoms with E-state index in [1.54, 1.807) is 6.20 Å². The summed E-state index contributed by atoms with van der Waals surface area (Å²) in [6.45, 7) is 12.4. The van der Waals surface area contributed by atoms with Crippen LogP contribution in [0.4, 0.5) is 17.3 Å². The third-order valence-electron chi connectivity index (χ3n) is 8.86. The molecular formula is C34H42ClN5O. The Morgan fingerprint density at radius 1 is 1.05 bits per heavy atom. The fraction of sp³-hybridized carbons (Fsp3) is 0.471. The van der Waals surface area contributed by atoms with Crippen molar-refractivity contribution in [3.63, 3.8) is 0 Å². The van der Waals surface area contributed by atoms with Gasteiger partial charge in [0.25, 0.3) is 0 Å². The van der Waals surface area contributed by atoms with Gasteiger partial charge in [-0.05, 0) is 86.8 Å². The molecule has 0 amide bonds. The van der Waals surface area contributed by atoms with Gasteiger partial charge in [0.2, 0.25) is 5.95 Å². The van der Waals surface area contributed by atoms with E-state index in [0.717, 1.165) is 62.8 Å². The van der Waals surface area contributed by atoms with E-state index in [1.165, 1.54) is 53.6 Å². The lowest BCUT2D eigenvalue weighted by atomic mass is 9.94. The van der Waals surface area contributed by atoms with E-state index in [1.807, 2.05) is 6.92 Å². The number of hydrogen-bond donors (Lipinski definition) is 1. The highest BCUT2D eigenvalue weighted by molar-refractivity contribution is 6.32. The number of halogens is 1. The van der Waals surface area contributed by atoms with E-state index in [-0.39, 0.29) is 0 Å². The van der Waals surface area contributed by atoms with Crippen molar-refractivity contribution in [3.05, 3.63) is 81.6 Å². The number of ether oxygens (including phenoxy) is 1. The molecule has 0 bridgehead atoms. The molecule has 3 aliphatic rings. The molecule has 0 atom stereocenters. The van der Waals surface area contributed by atoms with Crippen molar-refractivity contribution in [3.8, 4) is 0 Å². The van der Waals surface area contributed by atoms with Crippen LogP contribution in [0.25, 0.3) is 5.57 Å². The van der Waals surface area contributed by atoms with E-state index in [0.29, 0.717) is 22.9 Å². The van der Waals surface area contributed by atoms with Gasteiger partial charge in [0, 0.05) is 49.2 Å². The summed E-state index contributed by atoms with van der Waals surface area (Å²) >= 11 is 6.71. The summed E-state index contributed by atoms with van der Waals surface area (Å²) in [5.41, 5.74) is 9.27. The van der Waals surface area contributed by atoms with Crippen LogP contribution in [0.15, 0.2) is 48.7 Å². The van der Waals surface area contributed by atoms with Crippen molar-refractivity contribution < 1.29 is 4.74 Å². The second-order valence-electron chi connectivity index (χ2n) is 11.7. The average molecular weight is 572 g/mol. The Morgan fingerprint density at radius 2 is 1.83 bits per heavy atom. The molecule has 2 saturated heterocycles. The standard InChI is InChI=1S/C34H42ClN5O/c1-4-24-18-23(3)6-9-31(24)30(5-2)33-32(35)22-36-34(38-33)37-27-19-26(25-7-8-25)20-29(21-27)39-12-10-28(11-13-39)40-14-16-41-17-15-40/h5-6,9,18-22,25,28H,4,7-8,10-17H2,1-3H3,(H,36,37,38)/b30-5+. The summed E-state index contributed by atoms with van der Waals surface area (Å²) in [5, 5.41) is 4.10. The van der Waals surface area contributed by atoms with Crippen LogP contribution in [0.2, 0.25) is 5.02 Å². The first kappa shape index (κ1) is 28.2. The van der Waals surface area contributed by atoms with Crippen LogP contribution >= 0.6 is 11.6 Å². The van der Waals surface area contributed by atoms with E-state index in [4.69, 9.17) is 21.3 Å². The minimum atomic E-state index is 0.557. The second kappa shape index (κ2) is 12.5. The third-order valence-corrected chi connectivity index (χ3v) is 9.13. The monoisotopic (exact) mass is 571 g/mol. The number of piperidine rings is 1. The maximum Gasteiger partial charge on any atom is 0.227 e. The highest BCUT2D eigenvalue weighted by Gasteiger charge is 2.28. The molecule has 2 aliphatic heterocycles. The van der Waals surface area contributed by atoms with Crippen LogP contribution in [0.1, 0.15) is 73.4 Å². The SMILES string of the molecule is C/C=C(\c1ccc(C)cc1CC)c1nc(Nc2cc(C3CC3)cc(N3CCC(N4CCOCC4)CC3)c2)ncc1Cl. The number of allylic oxidation sites excluding steroid dienone is 1. The van der Waals surface area contributed by atoms with E-state index < -0.39 is 0 Å². The topological polar surface area (TPSA) is 53.5 Å². The number of morpholine rings is 1. The maximum absolute atomic E-state index is 6.71. The van der Waals surface area contributed by atoms with Crippen molar-refractivity contribution in [2.45, 2.75) is 64.8 Å². The Labute approximate surface area is 249 Å². The molecule has 2 aromatic carbocycles. The summed E-state index contributed by atoms with van der Waals surface area (Å²) in [5.74, 6) is 1.23. The van der Waals surface area contributed by atoms with Gasteiger partial charge in [-0.1, -0.05) is 48.4 Å². The van der Waals surface area contributed by atoms with Gasteiger partial charge in [-0.25, -0.2) is 9.97 Å². The van der Waals surface area contributed by atoms with Crippen molar-refractivity contribution in [1.82, 2.24) is 14.9 Å². The molecule has 0 unspecified atom stereocenters. The van der Waals surface area contributed by atoms with Crippen molar-refractivity contribution >= 4 is 34.5 Å². The van der Waals surface area contributed by atoms with Gasteiger partial charge in [-0.3, -0.25) is 4.90 Å². The smallest absolute Gasteiger partial charge is 0.227 e. The normalized spacial score (nSPS) is 19.0. The molecule has 41 heavy (non-hydrogen) atoms. The fourth-order valence-electron chi connectivity index (χ4n) is 6.42. The van der Waals surface area contributed by atoms with Gasteiger partial charge < -0.3 is 15.0 Å². The summed E-state index contributed by atoms with van der Waals surface area (Å²) in [6.07, 6.45) is 9.71. The molecule has 1 N–H and O–H groups in total. The van der Waals surface area contributed by atoms with Crippen LogP contribution < -0.4 is 10.2 Å². The first-order valence-corrected chi connectivity index (χ1v) is 15.7. The summed E-state index contributed by atoms with van der Waals surface area (Å²) < 4.78 is 5.58. The molecule has 0 spiro atoms. The molecule has 6 rings (SSSR count). The maximum atomic E-state index is 6.71. The largest absolute Gasteiger partial charge is 0.379 e. The molecule has 3 aromatic rings. The zero-order valence-electron chi connectivity index (χ0n) is 24.6. The molecule has 3 fully saturated rings. The van der Waals surface area contributed by atoms with E-state index in [9.17, 15) is 0 Å². The van der Waals surface area contributed by atoms with Crippen molar-refractivity contribution in [2.75, 3.05) is 49.6 Å². The minimum absolute atomic E-state index is 0.557. The molecule has 1 aromatic heterocycles.